The predicted octanol–water partition coefficient (Wildman–Crippen LogP) is 4.79. The van der Waals surface area contributed by atoms with Crippen molar-refractivity contribution in [1.29, 1.82) is 0 Å². The Kier molecular flexibility index (Phi) is 6.24. The van der Waals surface area contributed by atoms with Crippen molar-refractivity contribution >= 4 is 34.6 Å². The number of carbonyl (C=O) groups excluding carboxylic acids is 1. The number of halogens is 3. The molecule has 3 aromatic heterocycles. The largest absolute Gasteiger partial charge is 0.495 e. The molecule has 0 saturated carbocycles. The monoisotopic (exact) mass is 520 g/mol. The number of amides is 1. The highest BCUT2D eigenvalue weighted by Gasteiger charge is 2.39. The van der Waals surface area contributed by atoms with Gasteiger partial charge in [0.25, 0.3) is 5.91 Å². The summed E-state index contributed by atoms with van der Waals surface area (Å²) in [4.78, 5) is 24.6. The maximum absolute atomic E-state index is 13.8. The van der Waals surface area contributed by atoms with Crippen molar-refractivity contribution in [2.45, 2.75) is 6.18 Å². The van der Waals surface area contributed by atoms with Crippen LogP contribution in [0.4, 0.5) is 36.2 Å². The fourth-order valence-electron chi connectivity index (χ4n) is 3.65. The Morgan fingerprint density at radius 3 is 2.53 bits per heavy atom. The van der Waals surface area contributed by atoms with E-state index in [1.165, 1.54) is 31.6 Å². The van der Waals surface area contributed by atoms with Crippen LogP contribution in [0.2, 0.25) is 0 Å². The first kappa shape index (κ1) is 24.5. The van der Waals surface area contributed by atoms with Crippen molar-refractivity contribution in [2.24, 2.45) is 0 Å². The van der Waals surface area contributed by atoms with E-state index in [0.717, 1.165) is 4.52 Å². The highest BCUT2D eigenvalue weighted by Crippen LogP contribution is 2.37. The minimum atomic E-state index is -4.75. The average molecular weight is 520 g/mol. The lowest BCUT2D eigenvalue weighted by Crippen LogP contribution is -2.13. The number of hydrogen-bond acceptors (Lipinski definition) is 8. The number of methoxy groups -OCH3 is 1. The molecule has 0 fully saturated rings. The molecule has 5 rings (SSSR count). The fraction of sp³-hybridized carbons (Fsp3) is 0.0800. The molecule has 5 aromatic rings. The van der Waals surface area contributed by atoms with Crippen molar-refractivity contribution in [3.8, 4) is 17.1 Å². The van der Waals surface area contributed by atoms with Gasteiger partial charge >= 0.3 is 6.18 Å². The number of imidazole rings is 1. The van der Waals surface area contributed by atoms with Gasteiger partial charge in [-0.15, -0.1) is 0 Å². The van der Waals surface area contributed by atoms with Crippen LogP contribution in [0.3, 0.4) is 0 Å². The molecule has 2 aromatic carbocycles. The van der Waals surface area contributed by atoms with Crippen molar-refractivity contribution in [2.75, 3.05) is 23.5 Å². The Hall–Kier alpha value is -5.20. The standard InChI is InChI=1S/C25H19F3N8O2/c1-38-16-12-20-35-22(25(26,27)28)21(36(20)31-13-16)19-10-11-30-24(34-19)32-15-8-6-14(7-9-15)23(37)33-18-5-3-2-4-17(18)29/h2-13H,29H2,1H3,(H,33,37)(H,30,32,34). The molecule has 0 unspecified atom stereocenters. The van der Waals surface area contributed by atoms with E-state index in [9.17, 15) is 18.0 Å². The number of anilines is 4. The number of hydrogen-bond donors (Lipinski definition) is 3. The number of nitrogens with one attached hydrogen (secondary N) is 2. The molecule has 1 amide bonds. The Morgan fingerprint density at radius 2 is 1.82 bits per heavy atom. The zero-order valence-electron chi connectivity index (χ0n) is 19.7. The molecule has 13 heteroatoms. The molecule has 0 spiro atoms. The quantitative estimate of drug-likeness (QED) is 0.272. The van der Waals surface area contributed by atoms with E-state index in [-0.39, 0.29) is 34.6 Å². The van der Waals surface area contributed by atoms with Gasteiger partial charge in [0.15, 0.2) is 11.3 Å². The highest BCUT2D eigenvalue weighted by atomic mass is 19.4. The third-order valence-electron chi connectivity index (χ3n) is 5.47. The topological polar surface area (TPSA) is 132 Å². The number of carbonyl (C=O) groups is 1. The minimum Gasteiger partial charge on any atom is -0.495 e. The number of ether oxygens (including phenoxy) is 1. The van der Waals surface area contributed by atoms with E-state index in [4.69, 9.17) is 10.5 Å². The maximum atomic E-state index is 13.8. The van der Waals surface area contributed by atoms with Gasteiger partial charge in [0, 0.05) is 23.5 Å². The van der Waals surface area contributed by atoms with E-state index in [2.05, 4.69) is 30.7 Å². The number of para-hydroxylation sites is 2. The lowest BCUT2D eigenvalue weighted by molar-refractivity contribution is -0.140. The average Bonchev–Trinajstić information content (AvgIpc) is 3.30. The summed E-state index contributed by atoms with van der Waals surface area (Å²) in [5.41, 5.74) is 6.09. The van der Waals surface area contributed by atoms with Gasteiger partial charge in [-0.25, -0.2) is 19.5 Å². The predicted molar refractivity (Wildman–Crippen MR) is 134 cm³/mol. The number of nitrogens with zero attached hydrogens (tertiary/aromatic N) is 5. The first-order chi connectivity index (χ1) is 18.2. The second-order valence-electron chi connectivity index (χ2n) is 7.98. The summed E-state index contributed by atoms with van der Waals surface area (Å²) < 4.78 is 47.6. The number of fused-ring (bicyclic) bond motifs is 1. The molecule has 0 saturated heterocycles. The normalized spacial score (nSPS) is 11.4. The molecular formula is C25H19F3N8O2. The van der Waals surface area contributed by atoms with Gasteiger partial charge in [-0.3, -0.25) is 4.79 Å². The first-order valence-electron chi connectivity index (χ1n) is 11.1. The van der Waals surface area contributed by atoms with Crippen LogP contribution >= 0.6 is 0 Å². The smallest absolute Gasteiger partial charge is 0.435 e. The Morgan fingerprint density at radius 1 is 1.05 bits per heavy atom. The highest BCUT2D eigenvalue weighted by molar-refractivity contribution is 6.05. The van der Waals surface area contributed by atoms with Crippen molar-refractivity contribution < 1.29 is 22.7 Å². The molecule has 0 aliphatic carbocycles. The summed E-state index contributed by atoms with van der Waals surface area (Å²) in [5.74, 6) is -0.0605. The van der Waals surface area contributed by atoms with Gasteiger partial charge in [-0.2, -0.15) is 18.3 Å². The molecule has 0 atom stereocenters. The zero-order valence-corrected chi connectivity index (χ0v) is 19.7. The van der Waals surface area contributed by atoms with Crippen LogP contribution in [0.15, 0.2) is 73.1 Å². The van der Waals surface area contributed by atoms with Crippen LogP contribution in [0.25, 0.3) is 17.0 Å². The van der Waals surface area contributed by atoms with E-state index < -0.39 is 11.9 Å². The first-order valence-corrected chi connectivity index (χ1v) is 11.1. The van der Waals surface area contributed by atoms with Crippen molar-refractivity contribution in [3.05, 3.63) is 84.3 Å². The SMILES string of the molecule is COc1cnn2c(-c3ccnc(Nc4ccc(C(=O)Nc5ccccc5N)cc4)n3)c(C(F)(F)F)nc2c1. The van der Waals surface area contributed by atoms with Crippen molar-refractivity contribution in [3.63, 3.8) is 0 Å². The summed E-state index contributed by atoms with van der Waals surface area (Å²) in [6.45, 7) is 0. The summed E-state index contributed by atoms with van der Waals surface area (Å²) in [6.07, 6.45) is -2.15. The van der Waals surface area contributed by atoms with Gasteiger partial charge in [-0.05, 0) is 42.5 Å². The second-order valence-corrected chi connectivity index (χ2v) is 7.98. The number of rotatable bonds is 6. The molecule has 0 aliphatic rings. The van der Waals surface area contributed by atoms with E-state index in [1.54, 1.807) is 48.5 Å². The Bertz CT molecular complexity index is 1630. The van der Waals surface area contributed by atoms with Crippen LogP contribution in [-0.2, 0) is 6.18 Å². The maximum Gasteiger partial charge on any atom is 0.435 e. The van der Waals surface area contributed by atoms with Gasteiger partial charge in [0.1, 0.15) is 11.4 Å². The van der Waals surface area contributed by atoms with Gasteiger partial charge in [0.2, 0.25) is 5.95 Å². The number of nitrogens with two attached hydrogens (primary N) is 1. The van der Waals surface area contributed by atoms with Crippen LogP contribution in [0.1, 0.15) is 16.1 Å². The van der Waals surface area contributed by atoms with E-state index in [0.29, 0.717) is 22.6 Å². The fourth-order valence-corrected chi connectivity index (χ4v) is 3.65. The molecule has 4 N–H and O–H groups in total. The van der Waals surface area contributed by atoms with Gasteiger partial charge in [-0.1, -0.05) is 12.1 Å². The Labute approximate surface area is 213 Å². The van der Waals surface area contributed by atoms with Crippen LogP contribution in [0.5, 0.6) is 5.75 Å². The molecule has 192 valence electrons. The molecule has 3 heterocycles. The number of benzene rings is 2. The Balaban J connectivity index is 1.41. The number of alkyl halides is 3. The van der Waals surface area contributed by atoms with Crippen LogP contribution in [-0.4, -0.2) is 37.6 Å². The van der Waals surface area contributed by atoms with E-state index in [1.807, 2.05) is 0 Å². The zero-order chi connectivity index (χ0) is 26.9. The van der Waals surface area contributed by atoms with Gasteiger partial charge < -0.3 is 21.1 Å². The summed E-state index contributed by atoms with van der Waals surface area (Å²) >= 11 is 0. The molecule has 0 radical (unpaired) electrons. The third-order valence-corrected chi connectivity index (χ3v) is 5.47. The number of aromatic nitrogens is 5. The molecule has 38 heavy (non-hydrogen) atoms. The lowest BCUT2D eigenvalue weighted by atomic mass is 10.2. The summed E-state index contributed by atoms with van der Waals surface area (Å²) in [6, 6.07) is 15.9. The van der Waals surface area contributed by atoms with Crippen molar-refractivity contribution in [1.82, 2.24) is 24.6 Å². The summed E-state index contributed by atoms with van der Waals surface area (Å²) in [7, 11) is 1.38. The molecule has 0 aliphatic heterocycles. The second kappa shape index (κ2) is 9.69. The molecule has 10 nitrogen and oxygen atoms in total. The summed E-state index contributed by atoms with van der Waals surface area (Å²) in [5, 5.41) is 9.71. The third kappa shape index (κ3) is 4.89. The minimum absolute atomic E-state index is 0.0355. The van der Waals surface area contributed by atoms with Crippen LogP contribution in [0, 0.1) is 0 Å². The molecular weight excluding hydrogens is 501 g/mol. The lowest BCUT2D eigenvalue weighted by Gasteiger charge is -2.10. The van der Waals surface area contributed by atoms with Gasteiger partial charge in [0.05, 0.1) is 30.4 Å². The van der Waals surface area contributed by atoms with Crippen LogP contribution < -0.4 is 21.1 Å². The molecule has 0 bridgehead atoms. The van der Waals surface area contributed by atoms with E-state index >= 15 is 0 Å². The number of nitrogen functional groups attached to an aromatic ring is 1.